The standard InChI is InChI=1S/C26H24Cl2F4N2O/c1-25(2,3)19-7-4-17(5-8-19)15-34(24(35)18-13-22(27)33-23(28)14-18)11-10-16-6-9-21(29)20(12-16)26(30,31)32/h4-9,12-14H,10-11,15H2,1-3H3. The first kappa shape index (κ1) is 27.0. The van der Waals surface area contributed by atoms with Gasteiger partial charge in [0.1, 0.15) is 16.1 Å². The Hall–Kier alpha value is -2.64. The average molecular weight is 527 g/mol. The van der Waals surface area contributed by atoms with Gasteiger partial charge in [0.05, 0.1) is 5.56 Å². The maximum absolute atomic E-state index is 13.7. The van der Waals surface area contributed by atoms with Gasteiger partial charge < -0.3 is 4.90 Å². The molecular weight excluding hydrogens is 503 g/mol. The molecule has 3 nitrogen and oxygen atoms in total. The summed E-state index contributed by atoms with van der Waals surface area (Å²) >= 11 is 11.9. The number of benzene rings is 2. The highest BCUT2D eigenvalue weighted by molar-refractivity contribution is 6.33. The highest BCUT2D eigenvalue weighted by Crippen LogP contribution is 2.32. The van der Waals surface area contributed by atoms with Crippen LogP contribution in [0.2, 0.25) is 10.3 Å². The highest BCUT2D eigenvalue weighted by Gasteiger charge is 2.34. The third kappa shape index (κ3) is 7.18. The first-order chi connectivity index (χ1) is 16.2. The lowest BCUT2D eigenvalue weighted by Gasteiger charge is -2.24. The summed E-state index contributed by atoms with van der Waals surface area (Å²) in [6.45, 7) is 6.56. The Kier molecular flexibility index (Phi) is 8.12. The van der Waals surface area contributed by atoms with Crippen molar-refractivity contribution in [1.82, 2.24) is 9.88 Å². The van der Waals surface area contributed by atoms with Crippen LogP contribution in [0.4, 0.5) is 17.6 Å². The van der Waals surface area contributed by atoms with E-state index in [9.17, 15) is 22.4 Å². The molecule has 0 atom stereocenters. The van der Waals surface area contributed by atoms with Crippen molar-refractivity contribution in [2.45, 2.75) is 45.3 Å². The second kappa shape index (κ2) is 10.5. The van der Waals surface area contributed by atoms with Gasteiger partial charge in [0.25, 0.3) is 5.91 Å². The van der Waals surface area contributed by atoms with Crippen LogP contribution in [0, 0.1) is 5.82 Å². The van der Waals surface area contributed by atoms with Gasteiger partial charge in [-0.05, 0) is 52.8 Å². The van der Waals surface area contributed by atoms with Crippen LogP contribution in [-0.4, -0.2) is 22.3 Å². The second-order valence-electron chi connectivity index (χ2n) is 9.24. The Morgan fingerprint density at radius 3 is 2.03 bits per heavy atom. The van der Waals surface area contributed by atoms with Crippen molar-refractivity contribution < 1.29 is 22.4 Å². The number of alkyl halides is 3. The van der Waals surface area contributed by atoms with E-state index in [-0.39, 0.29) is 46.4 Å². The molecule has 9 heteroatoms. The van der Waals surface area contributed by atoms with Gasteiger partial charge in [0.15, 0.2) is 0 Å². The zero-order valence-corrected chi connectivity index (χ0v) is 20.9. The van der Waals surface area contributed by atoms with Crippen LogP contribution in [0.15, 0.2) is 54.6 Å². The maximum Gasteiger partial charge on any atom is 0.419 e. The van der Waals surface area contributed by atoms with Gasteiger partial charge in [-0.2, -0.15) is 13.2 Å². The van der Waals surface area contributed by atoms with Crippen molar-refractivity contribution in [2.75, 3.05) is 6.54 Å². The van der Waals surface area contributed by atoms with Gasteiger partial charge in [-0.15, -0.1) is 0 Å². The van der Waals surface area contributed by atoms with Gasteiger partial charge in [0.2, 0.25) is 0 Å². The first-order valence-electron chi connectivity index (χ1n) is 10.8. The Labute approximate surface area is 211 Å². The zero-order chi connectivity index (χ0) is 26.0. The van der Waals surface area contributed by atoms with E-state index in [1.807, 2.05) is 24.3 Å². The van der Waals surface area contributed by atoms with Gasteiger partial charge in [0, 0.05) is 18.7 Å². The smallest absolute Gasteiger partial charge is 0.334 e. The molecule has 0 fully saturated rings. The predicted octanol–water partition coefficient (Wildman–Crippen LogP) is 7.73. The van der Waals surface area contributed by atoms with Crippen LogP contribution < -0.4 is 0 Å². The molecular formula is C26H24Cl2F4N2O. The topological polar surface area (TPSA) is 33.2 Å². The van der Waals surface area contributed by atoms with Crippen molar-refractivity contribution in [1.29, 1.82) is 0 Å². The minimum absolute atomic E-state index is 0.0443. The molecule has 2 aromatic carbocycles. The lowest BCUT2D eigenvalue weighted by molar-refractivity contribution is -0.140. The van der Waals surface area contributed by atoms with Gasteiger partial charge in [-0.25, -0.2) is 9.37 Å². The molecule has 3 aromatic rings. The minimum atomic E-state index is -4.81. The summed E-state index contributed by atoms with van der Waals surface area (Å²) in [7, 11) is 0. The van der Waals surface area contributed by atoms with Crippen molar-refractivity contribution >= 4 is 29.1 Å². The van der Waals surface area contributed by atoms with E-state index in [1.165, 1.54) is 23.1 Å². The molecule has 0 N–H and O–H groups in total. The summed E-state index contributed by atoms with van der Waals surface area (Å²) in [5.41, 5.74) is 1.04. The van der Waals surface area contributed by atoms with Crippen LogP contribution in [0.1, 0.15) is 53.4 Å². The number of carbonyl (C=O) groups is 1. The molecule has 1 aromatic heterocycles. The van der Waals surface area contributed by atoms with Crippen LogP contribution in [0.25, 0.3) is 0 Å². The van der Waals surface area contributed by atoms with Crippen molar-refractivity contribution in [3.05, 3.63) is 98.5 Å². The van der Waals surface area contributed by atoms with E-state index in [4.69, 9.17) is 23.2 Å². The Morgan fingerprint density at radius 1 is 0.914 bits per heavy atom. The normalized spacial score (nSPS) is 12.0. The number of aromatic nitrogens is 1. The lowest BCUT2D eigenvalue weighted by Crippen LogP contribution is -2.32. The molecule has 0 aliphatic carbocycles. The quantitative estimate of drug-likeness (QED) is 0.243. The molecule has 3 rings (SSSR count). The monoisotopic (exact) mass is 526 g/mol. The van der Waals surface area contributed by atoms with E-state index in [2.05, 4.69) is 25.8 Å². The third-order valence-electron chi connectivity index (χ3n) is 5.50. The molecule has 0 bridgehead atoms. The molecule has 0 saturated heterocycles. The van der Waals surface area contributed by atoms with Crippen LogP contribution >= 0.6 is 23.2 Å². The van der Waals surface area contributed by atoms with Crippen LogP contribution in [0.3, 0.4) is 0 Å². The van der Waals surface area contributed by atoms with Crippen molar-refractivity contribution in [3.63, 3.8) is 0 Å². The summed E-state index contributed by atoms with van der Waals surface area (Å²) in [6, 6.07) is 13.4. The van der Waals surface area contributed by atoms with Gasteiger partial charge in [-0.1, -0.05) is 74.3 Å². The lowest BCUT2D eigenvalue weighted by atomic mass is 9.87. The van der Waals surface area contributed by atoms with E-state index in [0.29, 0.717) is 0 Å². The second-order valence-corrected chi connectivity index (χ2v) is 10.0. The molecule has 0 radical (unpaired) electrons. The first-order valence-corrected chi connectivity index (χ1v) is 11.6. The number of hydrogen-bond acceptors (Lipinski definition) is 2. The number of hydrogen-bond donors (Lipinski definition) is 0. The molecule has 35 heavy (non-hydrogen) atoms. The third-order valence-corrected chi connectivity index (χ3v) is 5.88. The van der Waals surface area contributed by atoms with Gasteiger partial charge in [-0.3, -0.25) is 4.79 Å². The summed E-state index contributed by atoms with van der Waals surface area (Å²) in [4.78, 5) is 18.7. The summed E-state index contributed by atoms with van der Waals surface area (Å²) in [6.07, 6.45) is -4.73. The van der Waals surface area contributed by atoms with E-state index in [1.54, 1.807) is 0 Å². The number of halogens is 6. The SMILES string of the molecule is CC(C)(C)c1ccc(CN(CCc2ccc(F)c(C(F)(F)F)c2)C(=O)c2cc(Cl)nc(Cl)c2)cc1. The summed E-state index contributed by atoms with van der Waals surface area (Å²) in [5, 5.41) is 0.0902. The molecule has 0 aliphatic heterocycles. The molecule has 0 unspecified atom stereocenters. The number of pyridine rings is 1. The highest BCUT2D eigenvalue weighted by atomic mass is 35.5. The molecule has 186 valence electrons. The number of rotatable bonds is 6. The Morgan fingerprint density at radius 2 is 1.49 bits per heavy atom. The fourth-order valence-corrected chi connectivity index (χ4v) is 4.02. The number of amides is 1. The van der Waals surface area contributed by atoms with Crippen molar-refractivity contribution in [2.24, 2.45) is 0 Å². The Bertz CT molecular complexity index is 1190. The number of carbonyl (C=O) groups excluding carboxylic acids is 1. The maximum atomic E-state index is 13.7. The van der Waals surface area contributed by atoms with E-state index in [0.717, 1.165) is 23.3 Å². The molecule has 0 aliphatic rings. The largest absolute Gasteiger partial charge is 0.419 e. The summed E-state index contributed by atoms with van der Waals surface area (Å²) < 4.78 is 53.0. The molecule has 1 amide bonds. The predicted molar refractivity (Wildman–Crippen MR) is 129 cm³/mol. The minimum Gasteiger partial charge on any atom is -0.334 e. The molecule has 0 spiro atoms. The average Bonchev–Trinajstić information content (AvgIpc) is 2.75. The fourth-order valence-electron chi connectivity index (χ4n) is 3.56. The van der Waals surface area contributed by atoms with E-state index < -0.39 is 23.5 Å². The zero-order valence-electron chi connectivity index (χ0n) is 19.4. The summed E-state index contributed by atoms with van der Waals surface area (Å²) in [5.74, 6) is -1.75. The Balaban J connectivity index is 1.88. The molecule has 1 heterocycles. The van der Waals surface area contributed by atoms with Crippen molar-refractivity contribution in [3.8, 4) is 0 Å². The van der Waals surface area contributed by atoms with Crippen LogP contribution in [-0.2, 0) is 24.6 Å². The van der Waals surface area contributed by atoms with Gasteiger partial charge >= 0.3 is 6.18 Å². The molecule has 0 saturated carbocycles. The fraction of sp³-hybridized carbons (Fsp3) is 0.308. The number of nitrogens with zero attached hydrogens (tertiary/aromatic N) is 2. The van der Waals surface area contributed by atoms with E-state index >= 15 is 0 Å². The van der Waals surface area contributed by atoms with Crippen LogP contribution in [0.5, 0.6) is 0 Å².